The van der Waals surface area contributed by atoms with Crippen LogP contribution in [0.3, 0.4) is 0 Å². The number of H-pyrrole nitrogens is 1. The van der Waals surface area contributed by atoms with E-state index < -0.39 is 49.2 Å². The van der Waals surface area contributed by atoms with Crippen LogP contribution in [0.4, 0.5) is 0 Å². The molecule has 2 heterocycles. The van der Waals surface area contributed by atoms with Crippen molar-refractivity contribution < 1.29 is 23.3 Å². The number of carbonyl (C=O) groups excluding carboxylic acids is 1. The number of rotatable bonds is 16. The molecule has 302 valence electrons. The van der Waals surface area contributed by atoms with Crippen LogP contribution in [0.25, 0.3) is 0 Å². The summed E-state index contributed by atoms with van der Waals surface area (Å²) in [6.45, 7) is 20.4. The predicted molar refractivity (Wildman–Crippen MR) is 226 cm³/mol. The summed E-state index contributed by atoms with van der Waals surface area (Å²) in [6, 6.07) is 27.1. The Morgan fingerprint density at radius 3 is 1.98 bits per heavy atom. The number of aromatic amines is 1. The van der Waals surface area contributed by atoms with Crippen molar-refractivity contribution in [3.05, 3.63) is 139 Å². The summed E-state index contributed by atoms with van der Waals surface area (Å²) in [5, 5.41) is 0.103. The minimum absolute atomic E-state index is 0.0797. The van der Waals surface area contributed by atoms with E-state index in [0.29, 0.717) is 24.3 Å². The van der Waals surface area contributed by atoms with Gasteiger partial charge in [0.1, 0.15) is 17.9 Å². The molecule has 4 atom stereocenters. The highest BCUT2D eigenvalue weighted by atomic mass is 32.2. The van der Waals surface area contributed by atoms with E-state index in [9.17, 15) is 14.4 Å². The molecule has 12 heteroatoms. The average molecular weight is 804 g/mol. The first-order valence-corrected chi connectivity index (χ1v) is 21.5. The minimum atomic E-state index is -1.66. The SMILES string of the molecule is Cc1ccc(C(OC[C@H]2O[C@@H](n3cc(C)c(=O)[nH]c3=O)C[C@@H]2OP(OCCSC(=O)C(C)(C)C)N(C(C)C)C(C)C)(c2ccccc2)c2ccc(C)cc2)cc1. The topological polar surface area (TPSA) is 112 Å². The van der Waals surface area contributed by atoms with E-state index in [1.807, 2.05) is 39.0 Å². The summed E-state index contributed by atoms with van der Waals surface area (Å²) < 4.78 is 31.3. The summed E-state index contributed by atoms with van der Waals surface area (Å²) in [4.78, 5) is 40.7. The second kappa shape index (κ2) is 18.9. The average Bonchev–Trinajstić information content (AvgIpc) is 3.54. The molecule has 0 aliphatic carbocycles. The third kappa shape index (κ3) is 10.4. The zero-order chi connectivity index (χ0) is 40.8. The van der Waals surface area contributed by atoms with E-state index in [0.717, 1.165) is 27.8 Å². The molecule has 0 saturated carbocycles. The lowest BCUT2D eigenvalue weighted by Crippen LogP contribution is -2.39. The van der Waals surface area contributed by atoms with E-state index in [1.54, 1.807) is 6.92 Å². The maximum atomic E-state index is 13.2. The Morgan fingerprint density at radius 2 is 1.45 bits per heavy atom. The number of hydrogen-bond acceptors (Lipinski definition) is 9. The largest absolute Gasteiger partial charge is 0.358 e. The standard InChI is InChI=1S/C44H58N3O7PS/c1-29(2)47(30(3)4)55(52-24-25-56-41(49)43(8,9)10)54-37-26-39(46-27-33(7)40(48)45-42(46)50)53-38(37)28-51-44(34-14-12-11-13-15-34,35-20-16-31(5)17-21-35)36-22-18-32(6)19-23-36/h11-23,27,29-30,37-39H,24-26,28H2,1-10H3,(H,45,48,50)/t37-,38+,39+,55?/m0/s1. The summed E-state index contributed by atoms with van der Waals surface area (Å²) in [5.41, 5.74) is 3.03. The Morgan fingerprint density at radius 1 is 0.893 bits per heavy atom. The summed E-state index contributed by atoms with van der Waals surface area (Å²) in [7, 11) is -1.66. The van der Waals surface area contributed by atoms with Gasteiger partial charge in [0.05, 0.1) is 19.3 Å². The number of nitrogens with one attached hydrogen (secondary N) is 1. The monoisotopic (exact) mass is 803 g/mol. The van der Waals surface area contributed by atoms with Gasteiger partial charge in [-0.25, -0.2) is 9.46 Å². The van der Waals surface area contributed by atoms with Gasteiger partial charge < -0.3 is 18.5 Å². The number of aryl methyl sites for hydroxylation is 3. The van der Waals surface area contributed by atoms with Gasteiger partial charge in [0.25, 0.3) is 14.1 Å². The van der Waals surface area contributed by atoms with Crippen molar-refractivity contribution in [2.24, 2.45) is 5.41 Å². The van der Waals surface area contributed by atoms with Gasteiger partial charge in [0.15, 0.2) is 5.12 Å². The van der Waals surface area contributed by atoms with Crippen molar-refractivity contribution in [1.82, 2.24) is 14.2 Å². The zero-order valence-electron chi connectivity index (χ0n) is 34.4. The first-order valence-electron chi connectivity index (χ1n) is 19.4. The molecule has 0 spiro atoms. The summed E-state index contributed by atoms with van der Waals surface area (Å²) in [5.74, 6) is 0.484. The molecule has 3 aromatic carbocycles. The van der Waals surface area contributed by atoms with Crippen molar-refractivity contribution >= 4 is 25.4 Å². The number of carbonyl (C=O) groups is 1. The van der Waals surface area contributed by atoms with Crippen LogP contribution in [0.5, 0.6) is 0 Å². The molecular weight excluding hydrogens is 746 g/mol. The fourth-order valence-electron chi connectivity index (χ4n) is 6.85. The third-order valence-electron chi connectivity index (χ3n) is 9.80. The summed E-state index contributed by atoms with van der Waals surface area (Å²) in [6.07, 6.45) is -0.125. The van der Waals surface area contributed by atoms with Crippen LogP contribution in [0, 0.1) is 26.2 Å². The van der Waals surface area contributed by atoms with Gasteiger partial charge in [0, 0.05) is 41.4 Å². The van der Waals surface area contributed by atoms with E-state index in [2.05, 4.69) is 112 Å². The van der Waals surface area contributed by atoms with Crippen LogP contribution in [-0.4, -0.2) is 62.6 Å². The molecule has 1 saturated heterocycles. The molecule has 4 aromatic rings. The van der Waals surface area contributed by atoms with Gasteiger partial charge in [0.2, 0.25) is 0 Å². The van der Waals surface area contributed by atoms with Gasteiger partial charge >= 0.3 is 5.69 Å². The van der Waals surface area contributed by atoms with Gasteiger partial charge in [-0.1, -0.05) is 123 Å². The minimum Gasteiger partial charge on any atom is -0.358 e. The molecule has 0 bridgehead atoms. The van der Waals surface area contributed by atoms with Crippen molar-refractivity contribution in [2.45, 2.75) is 112 Å². The second-order valence-corrected chi connectivity index (χ2v) is 18.6. The van der Waals surface area contributed by atoms with Crippen LogP contribution < -0.4 is 11.2 Å². The first kappa shape index (κ1) is 43.7. The Balaban J connectivity index is 1.55. The van der Waals surface area contributed by atoms with E-state index in [1.165, 1.54) is 22.5 Å². The van der Waals surface area contributed by atoms with Crippen molar-refractivity contribution in [3.63, 3.8) is 0 Å². The first-order chi connectivity index (χ1) is 26.5. The van der Waals surface area contributed by atoms with Crippen molar-refractivity contribution in [1.29, 1.82) is 0 Å². The van der Waals surface area contributed by atoms with Crippen molar-refractivity contribution in [3.8, 4) is 0 Å². The lowest BCUT2D eigenvalue weighted by Gasteiger charge is -2.39. The molecule has 1 aliphatic rings. The molecule has 0 amide bonds. The van der Waals surface area contributed by atoms with Crippen LogP contribution in [-0.2, 0) is 28.9 Å². The maximum absolute atomic E-state index is 13.2. The lowest BCUT2D eigenvalue weighted by molar-refractivity contribution is -0.117. The Hall–Kier alpha value is -3.41. The Bertz CT molecular complexity index is 1960. The fraction of sp³-hybridized carbons (Fsp3) is 0.477. The second-order valence-electron chi connectivity index (χ2n) is 16.1. The Labute approximate surface area is 337 Å². The molecule has 0 radical (unpaired) electrons. The number of nitrogens with zero attached hydrogens (tertiary/aromatic N) is 2. The van der Waals surface area contributed by atoms with Gasteiger partial charge in [-0.15, -0.1) is 0 Å². The molecule has 56 heavy (non-hydrogen) atoms. The quantitative estimate of drug-likeness (QED) is 0.0675. The zero-order valence-corrected chi connectivity index (χ0v) is 36.1. The number of ether oxygens (including phenoxy) is 2. The smallest absolute Gasteiger partial charge is 0.330 e. The molecule has 1 aromatic heterocycles. The third-order valence-corrected chi connectivity index (χ3v) is 13.2. The summed E-state index contributed by atoms with van der Waals surface area (Å²) >= 11 is 1.27. The van der Waals surface area contributed by atoms with Gasteiger partial charge in [-0.05, 0) is 65.2 Å². The number of thioether (sulfide) groups is 1. The molecule has 1 fully saturated rings. The number of hydrogen-bond donors (Lipinski definition) is 1. The van der Waals surface area contributed by atoms with Crippen molar-refractivity contribution in [2.75, 3.05) is 19.0 Å². The molecule has 1 N–H and O–H groups in total. The van der Waals surface area contributed by atoms with Crippen LogP contribution in [0.2, 0.25) is 0 Å². The van der Waals surface area contributed by atoms with E-state index in [4.69, 9.17) is 18.5 Å². The van der Waals surface area contributed by atoms with Crippen LogP contribution >= 0.6 is 20.3 Å². The molecule has 10 nitrogen and oxygen atoms in total. The van der Waals surface area contributed by atoms with Crippen LogP contribution in [0.1, 0.15) is 94.5 Å². The normalized spacial score (nSPS) is 18.3. The molecule has 1 aliphatic heterocycles. The number of aromatic nitrogens is 2. The predicted octanol–water partition coefficient (Wildman–Crippen LogP) is 8.81. The molecular formula is C44H58N3O7PS. The maximum Gasteiger partial charge on any atom is 0.330 e. The fourth-order valence-corrected chi connectivity index (χ4v) is 9.51. The van der Waals surface area contributed by atoms with Crippen LogP contribution in [0.15, 0.2) is 94.6 Å². The van der Waals surface area contributed by atoms with E-state index in [-0.39, 0.29) is 23.8 Å². The Kier molecular flexibility index (Phi) is 14.7. The molecule has 5 rings (SSSR count). The highest BCUT2D eigenvalue weighted by Gasteiger charge is 2.45. The van der Waals surface area contributed by atoms with Gasteiger partial charge in [-0.3, -0.25) is 19.1 Å². The highest BCUT2D eigenvalue weighted by molar-refractivity contribution is 8.13. The van der Waals surface area contributed by atoms with Gasteiger partial charge in [-0.2, -0.15) is 0 Å². The highest BCUT2D eigenvalue weighted by Crippen LogP contribution is 2.50. The number of benzene rings is 3. The molecule has 1 unspecified atom stereocenters. The lowest BCUT2D eigenvalue weighted by atomic mass is 9.79. The van der Waals surface area contributed by atoms with E-state index >= 15 is 0 Å².